The number of ether oxygens (including phenoxy) is 1. The minimum absolute atomic E-state index is 0.176. The first-order valence-electron chi connectivity index (χ1n) is 8.47. The van der Waals surface area contributed by atoms with E-state index in [1.165, 1.54) is 23.3 Å². The summed E-state index contributed by atoms with van der Waals surface area (Å²) in [5, 5.41) is 0. The molecule has 0 saturated heterocycles. The molecule has 2 aromatic carbocycles. The van der Waals surface area contributed by atoms with Gasteiger partial charge in [0.15, 0.2) is 0 Å². The Labute approximate surface area is 143 Å². The maximum atomic E-state index is 13.0. The van der Waals surface area contributed by atoms with Gasteiger partial charge < -0.3 is 4.74 Å². The molecular formula is C21H24FNO. The fourth-order valence-electron chi connectivity index (χ4n) is 3.24. The van der Waals surface area contributed by atoms with Crippen LogP contribution in [0.15, 0.2) is 54.6 Å². The number of hydrogen-bond donors (Lipinski definition) is 0. The minimum Gasteiger partial charge on any atom is -0.497 e. The Balaban J connectivity index is 1.59. The van der Waals surface area contributed by atoms with E-state index in [0.29, 0.717) is 6.04 Å². The van der Waals surface area contributed by atoms with Crippen LogP contribution in [0.2, 0.25) is 0 Å². The molecule has 0 fully saturated rings. The molecule has 0 amide bonds. The van der Waals surface area contributed by atoms with Crippen LogP contribution in [0.3, 0.4) is 0 Å². The van der Waals surface area contributed by atoms with Crippen molar-refractivity contribution in [2.45, 2.75) is 25.8 Å². The summed E-state index contributed by atoms with van der Waals surface area (Å²) in [5.74, 6) is 0.723. The number of methoxy groups -OCH3 is 1. The van der Waals surface area contributed by atoms with Gasteiger partial charge >= 0.3 is 0 Å². The van der Waals surface area contributed by atoms with Crippen molar-refractivity contribution < 1.29 is 9.13 Å². The summed E-state index contributed by atoms with van der Waals surface area (Å²) in [7, 11) is 1.69. The number of nitrogens with zero attached hydrogens (tertiary/aromatic N) is 1. The summed E-state index contributed by atoms with van der Waals surface area (Å²) in [6.45, 7) is 4.27. The van der Waals surface area contributed by atoms with E-state index < -0.39 is 0 Å². The Morgan fingerprint density at radius 3 is 2.38 bits per heavy atom. The fourth-order valence-corrected chi connectivity index (χ4v) is 3.24. The van der Waals surface area contributed by atoms with Crippen molar-refractivity contribution in [1.29, 1.82) is 0 Å². The lowest BCUT2D eigenvalue weighted by atomic mass is 9.97. The highest BCUT2D eigenvalue weighted by Gasteiger charge is 2.18. The number of rotatable bonds is 5. The van der Waals surface area contributed by atoms with Crippen LogP contribution in [-0.4, -0.2) is 31.1 Å². The molecule has 0 aromatic heterocycles. The van der Waals surface area contributed by atoms with Crippen molar-refractivity contribution in [2.24, 2.45) is 0 Å². The molecule has 1 aliphatic heterocycles. The van der Waals surface area contributed by atoms with Crippen LogP contribution < -0.4 is 4.74 Å². The van der Waals surface area contributed by atoms with E-state index in [1.54, 1.807) is 7.11 Å². The maximum Gasteiger partial charge on any atom is 0.123 e. The maximum absolute atomic E-state index is 13.0. The molecule has 24 heavy (non-hydrogen) atoms. The number of hydrogen-bond acceptors (Lipinski definition) is 2. The van der Waals surface area contributed by atoms with Crippen LogP contribution >= 0.6 is 0 Å². The average Bonchev–Trinajstić information content (AvgIpc) is 2.63. The molecule has 1 heterocycles. The number of benzene rings is 2. The van der Waals surface area contributed by atoms with E-state index in [0.717, 1.165) is 37.2 Å². The second-order valence-electron chi connectivity index (χ2n) is 6.38. The molecule has 0 spiro atoms. The minimum atomic E-state index is -0.176. The Morgan fingerprint density at radius 2 is 1.79 bits per heavy atom. The van der Waals surface area contributed by atoms with Gasteiger partial charge in [-0.25, -0.2) is 4.39 Å². The highest BCUT2D eigenvalue weighted by molar-refractivity contribution is 5.66. The van der Waals surface area contributed by atoms with E-state index >= 15 is 0 Å². The molecule has 1 unspecified atom stereocenters. The van der Waals surface area contributed by atoms with E-state index in [2.05, 4.69) is 30.0 Å². The second-order valence-corrected chi connectivity index (χ2v) is 6.38. The Bertz CT molecular complexity index is 691. The van der Waals surface area contributed by atoms with Gasteiger partial charge in [0.05, 0.1) is 7.11 Å². The first kappa shape index (κ1) is 16.7. The molecule has 0 bridgehead atoms. The van der Waals surface area contributed by atoms with Crippen LogP contribution in [0.4, 0.5) is 4.39 Å². The van der Waals surface area contributed by atoms with Gasteiger partial charge in [0.1, 0.15) is 11.6 Å². The zero-order valence-electron chi connectivity index (χ0n) is 14.3. The quantitative estimate of drug-likeness (QED) is 0.799. The molecule has 1 aliphatic rings. The van der Waals surface area contributed by atoms with E-state index in [4.69, 9.17) is 4.74 Å². The van der Waals surface area contributed by atoms with Gasteiger partial charge in [0, 0.05) is 19.1 Å². The predicted molar refractivity (Wildman–Crippen MR) is 96.7 cm³/mol. The van der Waals surface area contributed by atoms with Crippen LogP contribution in [-0.2, 0) is 6.42 Å². The summed E-state index contributed by atoms with van der Waals surface area (Å²) in [4.78, 5) is 2.50. The zero-order valence-corrected chi connectivity index (χ0v) is 14.3. The fraction of sp³-hybridized carbons (Fsp3) is 0.333. The summed E-state index contributed by atoms with van der Waals surface area (Å²) < 4.78 is 18.3. The standard InChI is InChI=1S/C21H24FNO/c1-16(15-17-3-9-21(24-2)10-4-17)23-13-11-19(12-14-23)18-5-7-20(22)8-6-18/h3-11,16H,12-15H2,1-2H3. The topological polar surface area (TPSA) is 12.5 Å². The molecular weight excluding hydrogens is 301 g/mol. The van der Waals surface area contributed by atoms with E-state index in [1.807, 2.05) is 24.3 Å². The largest absolute Gasteiger partial charge is 0.497 e. The SMILES string of the molecule is COc1ccc(CC(C)N2CC=C(c3ccc(F)cc3)CC2)cc1. The van der Waals surface area contributed by atoms with Gasteiger partial charge in [-0.05, 0) is 60.7 Å². The van der Waals surface area contributed by atoms with Crippen molar-refractivity contribution in [3.8, 4) is 5.75 Å². The molecule has 0 radical (unpaired) electrons. The highest BCUT2D eigenvalue weighted by atomic mass is 19.1. The Hall–Kier alpha value is -2.13. The van der Waals surface area contributed by atoms with E-state index in [9.17, 15) is 4.39 Å². The first-order chi connectivity index (χ1) is 11.7. The third kappa shape index (κ3) is 4.04. The molecule has 0 saturated carbocycles. The van der Waals surface area contributed by atoms with E-state index in [-0.39, 0.29) is 5.82 Å². The molecule has 0 aliphatic carbocycles. The van der Waals surface area contributed by atoms with Crippen molar-refractivity contribution >= 4 is 5.57 Å². The monoisotopic (exact) mass is 325 g/mol. The molecule has 126 valence electrons. The summed E-state index contributed by atoms with van der Waals surface area (Å²) in [6.07, 6.45) is 4.32. The van der Waals surface area contributed by atoms with Crippen LogP contribution in [0, 0.1) is 5.82 Å². The van der Waals surface area contributed by atoms with Gasteiger partial charge in [-0.2, -0.15) is 0 Å². The molecule has 1 atom stereocenters. The van der Waals surface area contributed by atoms with Gasteiger partial charge in [-0.3, -0.25) is 4.90 Å². The predicted octanol–water partition coefficient (Wildman–Crippen LogP) is 4.55. The lowest BCUT2D eigenvalue weighted by molar-refractivity contribution is 0.229. The van der Waals surface area contributed by atoms with Crippen LogP contribution in [0.25, 0.3) is 5.57 Å². The zero-order chi connectivity index (χ0) is 16.9. The van der Waals surface area contributed by atoms with Crippen molar-refractivity contribution in [3.05, 3.63) is 71.6 Å². The van der Waals surface area contributed by atoms with Crippen molar-refractivity contribution in [2.75, 3.05) is 20.2 Å². The molecule has 0 N–H and O–H groups in total. The second kappa shape index (κ2) is 7.63. The van der Waals surface area contributed by atoms with Crippen LogP contribution in [0.5, 0.6) is 5.75 Å². The molecule has 3 heteroatoms. The Kier molecular flexibility index (Phi) is 5.31. The number of halogens is 1. The summed E-state index contributed by atoms with van der Waals surface area (Å²) in [6, 6.07) is 15.6. The van der Waals surface area contributed by atoms with Crippen LogP contribution in [0.1, 0.15) is 24.5 Å². The lowest BCUT2D eigenvalue weighted by Gasteiger charge is -2.32. The van der Waals surface area contributed by atoms with Crippen molar-refractivity contribution in [1.82, 2.24) is 4.90 Å². The van der Waals surface area contributed by atoms with Gasteiger partial charge in [-0.15, -0.1) is 0 Å². The molecule has 2 aromatic rings. The molecule has 3 rings (SSSR count). The van der Waals surface area contributed by atoms with Crippen molar-refractivity contribution in [3.63, 3.8) is 0 Å². The smallest absolute Gasteiger partial charge is 0.123 e. The van der Waals surface area contributed by atoms with Gasteiger partial charge in [-0.1, -0.05) is 30.3 Å². The van der Waals surface area contributed by atoms with Gasteiger partial charge in [0.25, 0.3) is 0 Å². The third-order valence-electron chi connectivity index (χ3n) is 4.77. The first-order valence-corrected chi connectivity index (χ1v) is 8.47. The normalized spacial score (nSPS) is 16.5. The summed E-state index contributed by atoms with van der Waals surface area (Å²) >= 11 is 0. The third-order valence-corrected chi connectivity index (χ3v) is 4.77. The average molecular weight is 325 g/mol. The van der Waals surface area contributed by atoms with Gasteiger partial charge in [0.2, 0.25) is 0 Å². The lowest BCUT2D eigenvalue weighted by Crippen LogP contribution is -2.37. The molecule has 2 nitrogen and oxygen atoms in total. The Morgan fingerprint density at radius 1 is 1.08 bits per heavy atom. The summed E-state index contributed by atoms with van der Waals surface area (Å²) in [5.41, 5.74) is 3.79. The highest BCUT2D eigenvalue weighted by Crippen LogP contribution is 2.24.